The van der Waals surface area contributed by atoms with Crippen molar-refractivity contribution in [2.24, 2.45) is 5.92 Å². The zero-order chi connectivity index (χ0) is 16.6. The van der Waals surface area contributed by atoms with E-state index in [0.717, 1.165) is 30.4 Å². The monoisotopic (exact) mass is 339 g/mol. The topological polar surface area (TPSA) is 46.2 Å². The normalized spacial score (nSPS) is 18.6. The first kappa shape index (κ1) is 15.6. The Bertz CT molecular complexity index is 868. The number of aryl methyl sites for hydroxylation is 1. The van der Waals surface area contributed by atoms with Gasteiger partial charge in [0.05, 0.1) is 4.91 Å². The van der Waals surface area contributed by atoms with Crippen molar-refractivity contribution in [1.29, 1.82) is 0 Å². The van der Waals surface area contributed by atoms with Crippen molar-refractivity contribution < 1.29 is 8.42 Å². The van der Waals surface area contributed by atoms with E-state index in [0.29, 0.717) is 17.2 Å². The lowest BCUT2D eigenvalue weighted by atomic mass is 9.98. The number of rotatable bonds is 5. The number of sulfonamides is 1. The van der Waals surface area contributed by atoms with Crippen LogP contribution in [0.15, 0.2) is 59.5 Å². The van der Waals surface area contributed by atoms with Gasteiger partial charge in [-0.2, -0.15) is 0 Å². The highest BCUT2D eigenvalue weighted by Crippen LogP contribution is 2.42. The van der Waals surface area contributed by atoms with Crippen LogP contribution in [0, 0.1) is 5.92 Å². The summed E-state index contributed by atoms with van der Waals surface area (Å²) in [6.07, 6.45) is 5.35. The molecule has 0 bridgehead atoms. The number of fused-ring (bicyclic) bond motifs is 1. The van der Waals surface area contributed by atoms with Gasteiger partial charge >= 0.3 is 0 Å². The molecule has 124 valence electrons. The molecule has 1 atom stereocenters. The van der Waals surface area contributed by atoms with E-state index in [1.807, 2.05) is 54.6 Å². The molecule has 0 radical (unpaired) electrons. The molecule has 0 amide bonds. The summed E-state index contributed by atoms with van der Waals surface area (Å²) in [5.41, 5.74) is 3.30. The maximum absolute atomic E-state index is 12.9. The molecule has 4 heteroatoms. The summed E-state index contributed by atoms with van der Waals surface area (Å²) in [5, 5.41) is 0. The molecule has 2 aromatic rings. The predicted octanol–water partition coefficient (Wildman–Crippen LogP) is 4.04. The summed E-state index contributed by atoms with van der Waals surface area (Å²) >= 11 is 0. The van der Waals surface area contributed by atoms with E-state index in [9.17, 15) is 8.42 Å². The van der Waals surface area contributed by atoms with Crippen LogP contribution in [-0.4, -0.2) is 8.42 Å². The van der Waals surface area contributed by atoms with Crippen molar-refractivity contribution in [3.8, 4) is 0 Å². The zero-order valence-corrected chi connectivity index (χ0v) is 14.3. The van der Waals surface area contributed by atoms with E-state index < -0.39 is 10.0 Å². The van der Waals surface area contributed by atoms with E-state index in [4.69, 9.17) is 0 Å². The van der Waals surface area contributed by atoms with Crippen LogP contribution in [0.25, 0.3) is 6.08 Å². The largest absolute Gasteiger partial charge is 0.237 e. The molecule has 0 saturated heterocycles. The van der Waals surface area contributed by atoms with Gasteiger partial charge in [0.15, 0.2) is 0 Å². The van der Waals surface area contributed by atoms with Gasteiger partial charge in [0, 0.05) is 6.04 Å². The molecule has 0 spiro atoms. The van der Waals surface area contributed by atoms with Crippen molar-refractivity contribution in [1.82, 2.24) is 4.72 Å². The molecular formula is C20H21NO2S. The summed E-state index contributed by atoms with van der Waals surface area (Å²) < 4.78 is 28.8. The van der Waals surface area contributed by atoms with Crippen LogP contribution < -0.4 is 4.72 Å². The van der Waals surface area contributed by atoms with E-state index >= 15 is 0 Å². The lowest BCUT2D eigenvalue weighted by molar-refractivity contribution is 0.532. The van der Waals surface area contributed by atoms with Crippen molar-refractivity contribution in [3.63, 3.8) is 0 Å². The second-order valence-electron chi connectivity index (χ2n) is 6.66. The fourth-order valence-corrected chi connectivity index (χ4v) is 4.85. The van der Waals surface area contributed by atoms with Crippen molar-refractivity contribution >= 4 is 16.1 Å². The van der Waals surface area contributed by atoms with Gasteiger partial charge in [0.2, 0.25) is 10.0 Å². The summed E-state index contributed by atoms with van der Waals surface area (Å²) in [4.78, 5) is 0.503. The maximum atomic E-state index is 12.9. The number of nitrogens with one attached hydrogen (secondary N) is 1. The minimum absolute atomic E-state index is 0.116. The molecule has 24 heavy (non-hydrogen) atoms. The molecule has 3 nitrogen and oxygen atoms in total. The van der Waals surface area contributed by atoms with Crippen LogP contribution in [0.1, 0.15) is 42.0 Å². The Morgan fingerprint density at radius 1 is 0.917 bits per heavy atom. The van der Waals surface area contributed by atoms with Crippen LogP contribution in [0.3, 0.4) is 0 Å². The predicted molar refractivity (Wildman–Crippen MR) is 96.7 cm³/mol. The Labute approximate surface area is 143 Å². The molecule has 1 unspecified atom stereocenters. The number of allylic oxidation sites excluding steroid dienone is 1. The molecule has 2 aliphatic carbocycles. The van der Waals surface area contributed by atoms with Gasteiger partial charge < -0.3 is 0 Å². The second-order valence-corrected chi connectivity index (χ2v) is 8.42. The summed E-state index contributed by atoms with van der Waals surface area (Å²) in [6, 6.07) is 17.8. The van der Waals surface area contributed by atoms with E-state index in [-0.39, 0.29) is 6.04 Å². The first-order valence-electron chi connectivity index (χ1n) is 8.49. The highest BCUT2D eigenvalue weighted by atomic mass is 32.2. The molecule has 4 rings (SSSR count). The van der Waals surface area contributed by atoms with Gasteiger partial charge in [0.25, 0.3) is 0 Å². The average Bonchev–Trinajstić information content (AvgIpc) is 3.45. The van der Waals surface area contributed by atoms with Gasteiger partial charge in [0.1, 0.15) is 0 Å². The van der Waals surface area contributed by atoms with Gasteiger partial charge in [-0.05, 0) is 54.4 Å². The Kier molecular flexibility index (Phi) is 4.02. The quantitative estimate of drug-likeness (QED) is 0.893. The number of hydrogen-bond donors (Lipinski definition) is 1. The Hall–Kier alpha value is -1.91. The first-order chi connectivity index (χ1) is 11.6. The van der Waals surface area contributed by atoms with Crippen LogP contribution in [-0.2, 0) is 16.4 Å². The third-order valence-corrected chi connectivity index (χ3v) is 6.47. The van der Waals surface area contributed by atoms with E-state index in [2.05, 4.69) is 10.8 Å². The van der Waals surface area contributed by atoms with Gasteiger partial charge in [-0.3, -0.25) is 0 Å². The number of hydrogen-bond acceptors (Lipinski definition) is 2. The lowest BCUT2D eigenvalue weighted by Gasteiger charge is -2.22. The Balaban J connectivity index is 1.62. The molecule has 2 aromatic carbocycles. The van der Waals surface area contributed by atoms with Crippen molar-refractivity contribution in [3.05, 3.63) is 76.2 Å². The lowest BCUT2D eigenvalue weighted by Crippen LogP contribution is -2.31. The van der Waals surface area contributed by atoms with Crippen molar-refractivity contribution in [2.45, 2.75) is 31.7 Å². The molecular weight excluding hydrogens is 318 g/mol. The third kappa shape index (κ3) is 3.17. The summed E-state index contributed by atoms with van der Waals surface area (Å²) in [7, 11) is -3.47. The second kappa shape index (κ2) is 6.19. The highest BCUT2D eigenvalue weighted by molar-refractivity contribution is 7.93. The van der Waals surface area contributed by atoms with Crippen LogP contribution in [0.4, 0.5) is 0 Å². The molecule has 0 heterocycles. The Morgan fingerprint density at radius 2 is 1.62 bits per heavy atom. The molecule has 0 aliphatic heterocycles. The smallest absolute Gasteiger partial charge is 0.207 e. The molecule has 1 fully saturated rings. The van der Waals surface area contributed by atoms with Crippen LogP contribution in [0.2, 0.25) is 0 Å². The fourth-order valence-electron chi connectivity index (χ4n) is 3.39. The summed E-state index contributed by atoms with van der Waals surface area (Å²) in [5.74, 6) is 0.415. The zero-order valence-electron chi connectivity index (χ0n) is 13.5. The first-order valence-corrected chi connectivity index (χ1v) is 9.97. The number of benzene rings is 2. The van der Waals surface area contributed by atoms with Gasteiger partial charge in [-0.1, -0.05) is 54.6 Å². The standard InChI is InChI=1S/C20H21NO2S/c22-24(23,19-13-12-15-6-4-5-9-18(15)14-19)21-20(17-10-11-17)16-7-2-1-3-8-16/h1-9,14,17,20-21H,10-13H2. The van der Waals surface area contributed by atoms with Crippen LogP contribution in [0.5, 0.6) is 0 Å². The average molecular weight is 339 g/mol. The minimum Gasteiger partial charge on any atom is -0.207 e. The minimum atomic E-state index is -3.47. The Morgan fingerprint density at radius 3 is 2.38 bits per heavy atom. The summed E-state index contributed by atoms with van der Waals surface area (Å²) in [6.45, 7) is 0. The van der Waals surface area contributed by atoms with E-state index in [1.165, 1.54) is 5.56 Å². The van der Waals surface area contributed by atoms with Gasteiger partial charge in [-0.15, -0.1) is 0 Å². The van der Waals surface area contributed by atoms with Gasteiger partial charge in [-0.25, -0.2) is 13.1 Å². The maximum Gasteiger partial charge on any atom is 0.237 e. The molecule has 2 aliphatic rings. The fraction of sp³-hybridized carbons (Fsp3) is 0.300. The highest BCUT2D eigenvalue weighted by Gasteiger charge is 2.36. The molecule has 1 N–H and O–H groups in total. The SMILES string of the molecule is O=S(=O)(NC(c1ccccc1)C1CC1)C1=Cc2ccccc2CC1. The van der Waals surface area contributed by atoms with Crippen molar-refractivity contribution in [2.75, 3.05) is 0 Å². The third-order valence-electron chi connectivity index (χ3n) is 4.89. The molecule has 1 saturated carbocycles. The van der Waals surface area contributed by atoms with E-state index in [1.54, 1.807) is 0 Å². The molecule has 0 aromatic heterocycles. The van der Waals surface area contributed by atoms with Crippen LogP contribution >= 0.6 is 0 Å².